The van der Waals surface area contributed by atoms with Crippen LogP contribution in [0.15, 0.2) is 29.4 Å². The molecule has 0 unspecified atom stereocenters. The predicted octanol–water partition coefficient (Wildman–Crippen LogP) is 1.43. The summed E-state index contributed by atoms with van der Waals surface area (Å²) < 4.78 is 33.8. The number of hydrogen-bond acceptors (Lipinski definition) is 7. The number of sulfone groups is 1. The molecule has 0 bridgehead atoms. The Hall–Kier alpha value is -2.13. The second kappa shape index (κ2) is 8.26. The highest BCUT2D eigenvalue weighted by Crippen LogP contribution is 2.23. The van der Waals surface area contributed by atoms with Gasteiger partial charge in [-0.15, -0.1) is 0 Å². The Morgan fingerprint density at radius 2 is 2.04 bits per heavy atom. The van der Waals surface area contributed by atoms with Crippen LogP contribution < -0.4 is 4.74 Å². The van der Waals surface area contributed by atoms with Crippen molar-refractivity contribution in [1.82, 2.24) is 5.01 Å². The summed E-state index contributed by atoms with van der Waals surface area (Å²) in [6, 6.07) is 6.43. The first-order chi connectivity index (χ1) is 12.9. The second-order valence-electron chi connectivity index (χ2n) is 6.26. The Labute approximate surface area is 162 Å². The summed E-state index contributed by atoms with van der Waals surface area (Å²) in [5.74, 6) is -0.539. The topological polar surface area (TPSA) is 102 Å². The molecule has 27 heavy (non-hydrogen) atoms. The van der Waals surface area contributed by atoms with Crippen molar-refractivity contribution < 1.29 is 27.5 Å². The van der Waals surface area contributed by atoms with Crippen molar-refractivity contribution in [3.63, 3.8) is 0 Å². The van der Waals surface area contributed by atoms with Gasteiger partial charge in [0.25, 0.3) is 0 Å². The maximum atomic E-state index is 12.2. The van der Waals surface area contributed by atoms with Gasteiger partial charge in [0.05, 0.1) is 22.6 Å². The minimum absolute atomic E-state index is 0.00513. The van der Waals surface area contributed by atoms with Gasteiger partial charge in [-0.25, -0.2) is 18.2 Å². The smallest absolute Gasteiger partial charge is 0.354 e. The van der Waals surface area contributed by atoms with Gasteiger partial charge >= 0.3 is 5.97 Å². The quantitative estimate of drug-likeness (QED) is 0.515. The molecule has 2 heterocycles. The third kappa shape index (κ3) is 4.98. The fourth-order valence-corrected chi connectivity index (χ4v) is 4.79. The molecule has 1 amide bonds. The SMILES string of the molecule is O=C(OCCOc1ccccc1Cl)C1=NN([C@H]2CCS(=O)(=O)C2)C(=O)CC1. The van der Waals surface area contributed by atoms with Gasteiger partial charge in [0.2, 0.25) is 5.91 Å². The van der Waals surface area contributed by atoms with Crippen molar-refractivity contribution in [3.05, 3.63) is 29.3 Å². The molecule has 0 radical (unpaired) electrons. The maximum Gasteiger partial charge on any atom is 0.354 e. The lowest BCUT2D eigenvalue weighted by Gasteiger charge is -2.27. The first-order valence-electron chi connectivity index (χ1n) is 8.50. The Morgan fingerprint density at radius 3 is 2.74 bits per heavy atom. The van der Waals surface area contributed by atoms with Gasteiger partial charge in [0.15, 0.2) is 9.84 Å². The van der Waals surface area contributed by atoms with Crippen molar-refractivity contribution in [2.75, 3.05) is 24.7 Å². The van der Waals surface area contributed by atoms with Crippen LogP contribution >= 0.6 is 11.6 Å². The van der Waals surface area contributed by atoms with Crippen molar-refractivity contribution >= 4 is 39.0 Å². The van der Waals surface area contributed by atoms with Crippen LogP contribution in [0.4, 0.5) is 0 Å². The molecule has 146 valence electrons. The zero-order valence-corrected chi connectivity index (χ0v) is 16.0. The summed E-state index contributed by atoms with van der Waals surface area (Å²) >= 11 is 5.97. The second-order valence-corrected chi connectivity index (χ2v) is 8.89. The van der Waals surface area contributed by atoms with E-state index in [0.29, 0.717) is 17.2 Å². The molecular weight excluding hydrogens is 396 g/mol. The number of hydrazone groups is 1. The van der Waals surface area contributed by atoms with E-state index in [1.165, 1.54) is 0 Å². The highest BCUT2D eigenvalue weighted by Gasteiger charge is 2.37. The minimum atomic E-state index is -3.16. The van der Waals surface area contributed by atoms with E-state index in [1.807, 2.05) is 0 Å². The maximum absolute atomic E-state index is 12.2. The molecule has 1 atom stereocenters. The highest BCUT2D eigenvalue weighted by molar-refractivity contribution is 7.91. The Morgan fingerprint density at radius 1 is 1.26 bits per heavy atom. The van der Waals surface area contributed by atoms with Crippen LogP contribution in [0.1, 0.15) is 19.3 Å². The van der Waals surface area contributed by atoms with Crippen LogP contribution in [-0.4, -0.2) is 61.8 Å². The van der Waals surface area contributed by atoms with Crippen LogP contribution in [-0.2, 0) is 24.2 Å². The van der Waals surface area contributed by atoms with Gasteiger partial charge in [-0.05, 0) is 18.6 Å². The highest BCUT2D eigenvalue weighted by atomic mass is 35.5. The lowest BCUT2D eigenvalue weighted by atomic mass is 10.1. The van der Waals surface area contributed by atoms with E-state index < -0.39 is 21.8 Å². The summed E-state index contributed by atoms with van der Waals surface area (Å²) in [6.45, 7) is 0.112. The summed E-state index contributed by atoms with van der Waals surface area (Å²) in [5, 5.41) is 5.65. The monoisotopic (exact) mass is 414 g/mol. The van der Waals surface area contributed by atoms with E-state index in [1.54, 1.807) is 24.3 Å². The van der Waals surface area contributed by atoms with Crippen LogP contribution in [0, 0.1) is 0 Å². The number of esters is 1. The number of rotatable bonds is 6. The van der Waals surface area contributed by atoms with E-state index in [-0.39, 0.29) is 49.2 Å². The standard InChI is InChI=1S/C17H19ClN2O6S/c18-13-3-1-2-4-15(13)25-8-9-26-17(22)14-5-6-16(21)20(19-14)12-7-10-27(23,24)11-12/h1-4,12H,5-11H2/t12-/m0/s1. The molecule has 1 aromatic carbocycles. The lowest BCUT2D eigenvalue weighted by molar-refractivity contribution is -0.137. The van der Waals surface area contributed by atoms with Crippen LogP contribution in [0.25, 0.3) is 0 Å². The Bertz CT molecular complexity index is 870. The molecule has 0 aliphatic carbocycles. The molecule has 0 N–H and O–H groups in total. The number of carbonyl (C=O) groups excluding carboxylic acids is 2. The summed E-state index contributed by atoms with van der Waals surface area (Å²) in [5.41, 5.74) is 0.108. The van der Waals surface area contributed by atoms with Gasteiger partial charge < -0.3 is 9.47 Å². The molecule has 2 aliphatic heterocycles. The molecule has 0 saturated carbocycles. The number of nitrogens with zero attached hydrogens (tertiary/aromatic N) is 2. The van der Waals surface area contributed by atoms with E-state index in [4.69, 9.17) is 21.1 Å². The lowest BCUT2D eigenvalue weighted by Crippen LogP contribution is -2.42. The van der Waals surface area contributed by atoms with E-state index in [9.17, 15) is 18.0 Å². The van der Waals surface area contributed by atoms with E-state index >= 15 is 0 Å². The van der Waals surface area contributed by atoms with Crippen LogP contribution in [0.2, 0.25) is 5.02 Å². The number of hydrogen-bond donors (Lipinski definition) is 0. The summed E-state index contributed by atoms with van der Waals surface area (Å²) in [4.78, 5) is 24.2. The van der Waals surface area contributed by atoms with Crippen molar-refractivity contribution in [3.8, 4) is 5.75 Å². The third-order valence-electron chi connectivity index (χ3n) is 4.26. The number of carbonyl (C=O) groups is 2. The zero-order chi connectivity index (χ0) is 19.4. The number of amides is 1. The number of para-hydroxylation sites is 1. The van der Waals surface area contributed by atoms with Gasteiger partial charge in [0.1, 0.15) is 24.7 Å². The van der Waals surface area contributed by atoms with Gasteiger partial charge in [0, 0.05) is 12.8 Å². The Balaban J connectivity index is 1.53. The molecule has 1 fully saturated rings. The third-order valence-corrected chi connectivity index (χ3v) is 6.32. The fraction of sp³-hybridized carbons (Fsp3) is 0.471. The van der Waals surface area contributed by atoms with Crippen LogP contribution in [0.5, 0.6) is 5.75 Å². The molecule has 3 rings (SSSR count). The zero-order valence-electron chi connectivity index (χ0n) is 14.5. The minimum Gasteiger partial charge on any atom is -0.488 e. The molecule has 1 aromatic rings. The van der Waals surface area contributed by atoms with Gasteiger partial charge in [-0.2, -0.15) is 5.10 Å². The summed E-state index contributed by atoms with van der Waals surface area (Å²) in [7, 11) is -3.16. The molecule has 0 spiro atoms. The number of halogens is 1. The van der Waals surface area contributed by atoms with E-state index in [0.717, 1.165) is 5.01 Å². The van der Waals surface area contributed by atoms with E-state index in [2.05, 4.69) is 5.10 Å². The number of ether oxygens (including phenoxy) is 2. The number of benzene rings is 1. The predicted molar refractivity (Wildman–Crippen MR) is 98.5 cm³/mol. The molecule has 8 nitrogen and oxygen atoms in total. The van der Waals surface area contributed by atoms with Crippen molar-refractivity contribution in [1.29, 1.82) is 0 Å². The average Bonchev–Trinajstić information content (AvgIpc) is 3.00. The Kier molecular flexibility index (Phi) is 6.01. The molecule has 1 saturated heterocycles. The normalized spacial score (nSPS) is 21.7. The van der Waals surface area contributed by atoms with Crippen molar-refractivity contribution in [2.45, 2.75) is 25.3 Å². The molecular formula is C17H19ClN2O6S. The van der Waals surface area contributed by atoms with Gasteiger partial charge in [-0.3, -0.25) is 4.79 Å². The first-order valence-corrected chi connectivity index (χ1v) is 10.7. The molecule has 0 aromatic heterocycles. The molecule has 10 heteroatoms. The average molecular weight is 415 g/mol. The van der Waals surface area contributed by atoms with Crippen molar-refractivity contribution in [2.24, 2.45) is 5.10 Å². The largest absolute Gasteiger partial charge is 0.488 e. The molecule has 2 aliphatic rings. The fourth-order valence-electron chi connectivity index (χ4n) is 2.90. The first kappa shape index (κ1) is 19.6. The van der Waals surface area contributed by atoms with Crippen LogP contribution in [0.3, 0.4) is 0 Å². The summed E-state index contributed by atoms with van der Waals surface area (Å²) in [6.07, 6.45) is 0.588. The van der Waals surface area contributed by atoms with Gasteiger partial charge in [-0.1, -0.05) is 23.7 Å².